The summed E-state index contributed by atoms with van der Waals surface area (Å²) in [5.41, 5.74) is 2.04. The number of rotatable bonds is 4. The number of hydrogen-bond donors (Lipinski definition) is 3. The van der Waals surface area contributed by atoms with E-state index in [0.717, 1.165) is 11.1 Å². The van der Waals surface area contributed by atoms with E-state index in [9.17, 15) is 14.7 Å². The van der Waals surface area contributed by atoms with E-state index in [0.29, 0.717) is 18.2 Å². The summed E-state index contributed by atoms with van der Waals surface area (Å²) in [7, 11) is 0. The Labute approximate surface area is 113 Å². The highest BCUT2D eigenvalue weighted by Gasteiger charge is 2.15. The van der Waals surface area contributed by atoms with Gasteiger partial charge in [-0.2, -0.15) is 0 Å². The zero-order valence-electron chi connectivity index (χ0n) is 11.7. The van der Waals surface area contributed by atoms with E-state index in [4.69, 9.17) is 0 Å². The highest BCUT2D eigenvalue weighted by Crippen LogP contribution is 2.22. The summed E-state index contributed by atoms with van der Waals surface area (Å²) in [6.07, 6.45) is 0. The van der Waals surface area contributed by atoms with Crippen molar-refractivity contribution in [1.29, 1.82) is 0 Å². The largest absolute Gasteiger partial charge is 0.478 e. The average Bonchev–Trinajstić information content (AvgIpc) is 2.29. The lowest BCUT2D eigenvalue weighted by atomic mass is 10.0. The molecule has 0 atom stereocenters. The van der Waals surface area contributed by atoms with Crippen LogP contribution in [0.3, 0.4) is 0 Å². The molecule has 5 nitrogen and oxygen atoms in total. The zero-order valence-corrected chi connectivity index (χ0v) is 11.7. The summed E-state index contributed by atoms with van der Waals surface area (Å²) in [6.45, 7) is 8.11. The van der Waals surface area contributed by atoms with Gasteiger partial charge < -0.3 is 15.7 Å². The predicted molar refractivity (Wildman–Crippen MR) is 74.7 cm³/mol. The molecule has 0 heterocycles. The second kappa shape index (κ2) is 6.22. The number of benzene rings is 1. The van der Waals surface area contributed by atoms with E-state index in [1.54, 1.807) is 13.0 Å². The number of amides is 2. The van der Waals surface area contributed by atoms with Crippen LogP contribution in [0.25, 0.3) is 0 Å². The number of anilines is 1. The fourth-order valence-corrected chi connectivity index (χ4v) is 1.76. The van der Waals surface area contributed by atoms with Crippen molar-refractivity contribution >= 4 is 17.7 Å². The molecule has 19 heavy (non-hydrogen) atoms. The van der Waals surface area contributed by atoms with Gasteiger partial charge in [-0.15, -0.1) is 0 Å². The van der Waals surface area contributed by atoms with Crippen LogP contribution in [0.5, 0.6) is 0 Å². The molecule has 104 valence electrons. The quantitative estimate of drug-likeness (QED) is 0.782. The van der Waals surface area contributed by atoms with Crippen LogP contribution >= 0.6 is 0 Å². The van der Waals surface area contributed by atoms with Gasteiger partial charge in [0.15, 0.2) is 0 Å². The van der Waals surface area contributed by atoms with E-state index in [-0.39, 0.29) is 11.6 Å². The Morgan fingerprint density at radius 2 is 1.89 bits per heavy atom. The molecular formula is C14H20N2O3. The minimum atomic E-state index is -1.05. The van der Waals surface area contributed by atoms with Crippen LogP contribution in [-0.2, 0) is 0 Å². The Morgan fingerprint density at radius 1 is 1.26 bits per heavy atom. The number of urea groups is 1. The summed E-state index contributed by atoms with van der Waals surface area (Å²) in [5, 5.41) is 14.5. The number of carbonyl (C=O) groups excluding carboxylic acids is 1. The summed E-state index contributed by atoms with van der Waals surface area (Å²) in [6, 6.07) is 3.00. The Hall–Kier alpha value is -2.04. The zero-order chi connectivity index (χ0) is 14.6. The Balaban J connectivity index is 2.94. The van der Waals surface area contributed by atoms with Crippen LogP contribution in [0, 0.1) is 19.8 Å². The molecule has 0 radical (unpaired) electrons. The first kappa shape index (κ1) is 15.0. The molecule has 0 bridgehead atoms. The van der Waals surface area contributed by atoms with Crippen molar-refractivity contribution in [2.45, 2.75) is 27.7 Å². The molecule has 1 rings (SSSR count). The lowest BCUT2D eigenvalue weighted by Crippen LogP contribution is -2.32. The summed E-state index contributed by atoms with van der Waals surface area (Å²) >= 11 is 0. The van der Waals surface area contributed by atoms with E-state index in [1.165, 1.54) is 0 Å². The molecule has 0 saturated carbocycles. The minimum Gasteiger partial charge on any atom is -0.478 e. The van der Waals surface area contributed by atoms with Crippen molar-refractivity contribution < 1.29 is 14.7 Å². The molecule has 0 fully saturated rings. The van der Waals surface area contributed by atoms with Crippen LogP contribution in [0.15, 0.2) is 12.1 Å². The van der Waals surface area contributed by atoms with Crippen molar-refractivity contribution in [3.63, 3.8) is 0 Å². The molecule has 0 aliphatic rings. The second-order valence-electron chi connectivity index (χ2n) is 5.04. The van der Waals surface area contributed by atoms with E-state index >= 15 is 0 Å². The third-order valence-electron chi connectivity index (χ3n) is 2.62. The smallest absolute Gasteiger partial charge is 0.337 e. The molecule has 1 aromatic carbocycles. The van der Waals surface area contributed by atoms with Gasteiger partial charge in [0.05, 0.1) is 11.3 Å². The molecule has 0 saturated heterocycles. The molecule has 0 spiro atoms. The molecular weight excluding hydrogens is 244 g/mol. The summed E-state index contributed by atoms with van der Waals surface area (Å²) in [4.78, 5) is 22.9. The van der Waals surface area contributed by atoms with Gasteiger partial charge in [0.1, 0.15) is 0 Å². The Bertz CT molecular complexity index is 496. The third-order valence-corrected chi connectivity index (χ3v) is 2.62. The molecule has 0 aromatic heterocycles. The number of carbonyl (C=O) groups is 2. The lowest BCUT2D eigenvalue weighted by Gasteiger charge is -2.14. The maximum Gasteiger partial charge on any atom is 0.337 e. The van der Waals surface area contributed by atoms with Crippen molar-refractivity contribution in [1.82, 2.24) is 5.32 Å². The first-order valence-electron chi connectivity index (χ1n) is 6.20. The normalized spacial score (nSPS) is 10.4. The third kappa shape index (κ3) is 4.28. The van der Waals surface area contributed by atoms with E-state index < -0.39 is 5.97 Å². The lowest BCUT2D eigenvalue weighted by molar-refractivity contribution is 0.0698. The van der Waals surface area contributed by atoms with Crippen molar-refractivity contribution in [3.8, 4) is 0 Å². The van der Waals surface area contributed by atoms with Crippen LogP contribution in [0.1, 0.15) is 35.3 Å². The van der Waals surface area contributed by atoms with Gasteiger partial charge >= 0.3 is 12.0 Å². The van der Waals surface area contributed by atoms with Crippen LogP contribution in [0.2, 0.25) is 0 Å². The second-order valence-corrected chi connectivity index (χ2v) is 5.04. The number of aromatic carboxylic acids is 1. The molecule has 0 unspecified atom stereocenters. The fourth-order valence-electron chi connectivity index (χ4n) is 1.76. The average molecular weight is 264 g/mol. The SMILES string of the molecule is Cc1cc(C)c(NC(=O)NCC(C)C)c(C(=O)O)c1. The topological polar surface area (TPSA) is 78.4 Å². The van der Waals surface area contributed by atoms with Crippen molar-refractivity contribution in [2.75, 3.05) is 11.9 Å². The standard InChI is InChI=1S/C14H20N2O3/c1-8(2)7-15-14(19)16-12-10(4)5-9(3)6-11(12)13(17)18/h5-6,8H,7H2,1-4H3,(H,17,18)(H2,15,16,19). The number of aryl methyl sites for hydroxylation is 2. The van der Waals surface area contributed by atoms with Crippen LogP contribution in [-0.4, -0.2) is 23.7 Å². The Morgan fingerprint density at radius 3 is 2.42 bits per heavy atom. The highest BCUT2D eigenvalue weighted by atomic mass is 16.4. The molecule has 2 amide bonds. The molecule has 0 aliphatic heterocycles. The summed E-state index contributed by atoms with van der Waals surface area (Å²) < 4.78 is 0. The van der Waals surface area contributed by atoms with Crippen LogP contribution < -0.4 is 10.6 Å². The van der Waals surface area contributed by atoms with Gasteiger partial charge in [-0.1, -0.05) is 19.9 Å². The number of nitrogens with one attached hydrogen (secondary N) is 2. The maximum atomic E-state index is 11.7. The first-order chi connectivity index (χ1) is 8.81. The van der Waals surface area contributed by atoms with Crippen LogP contribution in [0.4, 0.5) is 10.5 Å². The molecule has 3 N–H and O–H groups in total. The monoisotopic (exact) mass is 264 g/mol. The predicted octanol–water partition coefficient (Wildman–Crippen LogP) is 2.78. The Kier molecular flexibility index (Phi) is 4.92. The maximum absolute atomic E-state index is 11.7. The van der Waals surface area contributed by atoms with Crippen molar-refractivity contribution in [3.05, 3.63) is 28.8 Å². The first-order valence-corrected chi connectivity index (χ1v) is 6.20. The van der Waals surface area contributed by atoms with Gasteiger partial charge in [-0.3, -0.25) is 0 Å². The van der Waals surface area contributed by atoms with E-state index in [2.05, 4.69) is 10.6 Å². The van der Waals surface area contributed by atoms with Gasteiger partial charge in [-0.05, 0) is 37.0 Å². The van der Waals surface area contributed by atoms with Gasteiger partial charge in [0.2, 0.25) is 0 Å². The molecule has 1 aromatic rings. The minimum absolute atomic E-state index is 0.109. The highest BCUT2D eigenvalue weighted by molar-refractivity contribution is 6.01. The number of carboxylic acids is 1. The molecule has 5 heteroatoms. The van der Waals surface area contributed by atoms with E-state index in [1.807, 2.05) is 26.8 Å². The molecule has 0 aliphatic carbocycles. The van der Waals surface area contributed by atoms with Gasteiger partial charge in [0.25, 0.3) is 0 Å². The fraction of sp³-hybridized carbons (Fsp3) is 0.429. The van der Waals surface area contributed by atoms with Gasteiger partial charge in [-0.25, -0.2) is 9.59 Å². The van der Waals surface area contributed by atoms with Crippen molar-refractivity contribution in [2.24, 2.45) is 5.92 Å². The van der Waals surface area contributed by atoms with Gasteiger partial charge in [0, 0.05) is 6.54 Å². The number of hydrogen-bond acceptors (Lipinski definition) is 2. The number of carboxylic acid groups (broad SMARTS) is 1. The summed E-state index contributed by atoms with van der Waals surface area (Å²) in [5.74, 6) is -0.713.